The van der Waals surface area contributed by atoms with Gasteiger partial charge in [-0.2, -0.15) is 10.1 Å². The van der Waals surface area contributed by atoms with Crippen LogP contribution in [-0.4, -0.2) is 81.9 Å². The first-order valence-corrected chi connectivity index (χ1v) is 20.8. The Morgan fingerprint density at radius 2 is 1.78 bits per heavy atom. The fraction of sp³-hybridized carbons (Fsp3) is 0.600. The van der Waals surface area contributed by atoms with Gasteiger partial charge in [0.2, 0.25) is 0 Å². The minimum absolute atomic E-state index is 0.0213. The Morgan fingerprint density at radius 3 is 2.51 bits per heavy atom. The minimum Gasteiger partial charge on any atom is -0.456 e. The molecule has 4 aromatic heterocycles. The van der Waals surface area contributed by atoms with Crippen LogP contribution in [0.5, 0.6) is 6.01 Å². The summed E-state index contributed by atoms with van der Waals surface area (Å²) < 4.78 is 36.0. The summed E-state index contributed by atoms with van der Waals surface area (Å²) in [5, 5.41) is 8.49. The molecule has 8 rings (SSSR count). The van der Waals surface area contributed by atoms with Crippen molar-refractivity contribution in [2.24, 2.45) is 7.05 Å². The van der Waals surface area contributed by atoms with Crippen LogP contribution in [0.1, 0.15) is 70.0 Å². The number of anilines is 1. The number of fused-ring (bicyclic) bond motifs is 3. The summed E-state index contributed by atoms with van der Waals surface area (Å²) in [5.41, 5.74) is 5.66. The van der Waals surface area contributed by atoms with Crippen LogP contribution in [0.4, 0.5) is 5.82 Å². The molecule has 1 N–H and O–H groups in total. The Balaban J connectivity index is 1.05. The van der Waals surface area contributed by atoms with E-state index < -0.39 is 8.32 Å². The van der Waals surface area contributed by atoms with Crippen LogP contribution in [0.25, 0.3) is 22.3 Å². The molecule has 0 amide bonds. The first kappa shape index (κ1) is 33.1. The van der Waals surface area contributed by atoms with E-state index >= 15 is 0 Å². The molecular formula is C35H46ClN7O5Si. The number of hydrogen-bond donors (Lipinski definition) is 1. The zero-order valence-electron chi connectivity index (χ0n) is 29.1. The van der Waals surface area contributed by atoms with E-state index in [2.05, 4.69) is 50.3 Å². The highest BCUT2D eigenvalue weighted by atomic mass is 35.5. The first-order valence-electron chi connectivity index (χ1n) is 17.5. The summed E-state index contributed by atoms with van der Waals surface area (Å²) in [6, 6.07) is 4.49. The van der Waals surface area contributed by atoms with E-state index in [0.29, 0.717) is 47.8 Å². The number of rotatable bonds is 8. The highest BCUT2D eigenvalue weighted by Gasteiger charge is 2.52. The Labute approximate surface area is 292 Å². The lowest BCUT2D eigenvalue weighted by Crippen LogP contribution is -2.47. The van der Waals surface area contributed by atoms with Crippen molar-refractivity contribution >= 4 is 36.9 Å². The van der Waals surface area contributed by atoms with Gasteiger partial charge in [-0.05, 0) is 67.9 Å². The zero-order chi connectivity index (χ0) is 34.1. The fourth-order valence-corrected chi connectivity index (χ4v) is 8.69. The van der Waals surface area contributed by atoms with Gasteiger partial charge in [0.15, 0.2) is 20.1 Å². The smallest absolute Gasteiger partial charge is 0.301 e. The van der Waals surface area contributed by atoms with Gasteiger partial charge in [-0.15, -0.1) is 0 Å². The van der Waals surface area contributed by atoms with Gasteiger partial charge in [0.25, 0.3) is 0 Å². The van der Waals surface area contributed by atoms with E-state index in [1.165, 1.54) is 5.56 Å². The van der Waals surface area contributed by atoms with Crippen LogP contribution < -0.4 is 10.1 Å². The maximum Gasteiger partial charge on any atom is 0.301 e. The van der Waals surface area contributed by atoms with Crippen molar-refractivity contribution in [2.45, 2.75) is 108 Å². The lowest BCUT2D eigenvalue weighted by Gasteiger charge is -2.39. The Bertz CT molecular complexity index is 1850. The quantitative estimate of drug-likeness (QED) is 0.200. The van der Waals surface area contributed by atoms with Crippen molar-refractivity contribution in [1.29, 1.82) is 0 Å². The third kappa shape index (κ3) is 6.16. The molecule has 3 saturated heterocycles. The van der Waals surface area contributed by atoms with Crippen molar-refractivity contribution in [2.75, 3.05) is 25.1 Å². The number of pyridine rings is 2. The van der Waals surface area contributed by atoms with E-state index in [9.17, 15) is 0 Å². The van der Waals surface area contributed by atoms with Crippen LogP contribution in [-0.2, 0) is 32.1 Å². The van der Waals surface area contributed by atoms with Gasteiger partial charge in [-0.25, -0.2) is 4.98 Å². The second-order valence-electron chi connectivity index (χ2n) is 15.3. The molecule has 0 radical (unpaired) electrons. The van der Waals surface area contributed by atoms with Gasteiger partial charge in [0.05, 0.1) is 42.3 Å². The van der Waals surface area contributed by atoms with Crippen molar-refractivity contribution in [3.05, 3.63) is 47.0 Å². The second kappa shape index (κ2) is 12.6. The van der Waals surface area contributed by atoms with Crippen molar-refractivity contribution in [1.82, 2.24) is 29.3 Å². The van der Waals surface area contributed by atoms with E-state index in [0.717, 1.165) is 48.9 Å². The number of nitrogens with zero attached hydrogens (tertiary/aromatic N) is 6. The average Bonchev–Trinajstić information content (AvgIpc) is 3.89. The van der Waals surface area contributed by atoms with E-state index in [4.69, 9.17) is 49.9 Å². The van der Waals surface area contributed by atoms with Crippen LogP contribution in [0.15, 0.2) is 30.7 Å². The number of aryl methyl sites for hydroxylation is 2. The monoisotopic (exact) mass is 707 g/mol. The number of nitrogens with one attached hydrogen (secondary N) is 1. The molecule has 3 aliphatic heterocycles. The lowest BCUT2D eigenvalue weighted by atomic mass is 10.1. The molecule has 0 spiro atoms. The topological polar surface area (TPSA) is 120 Å². The standard InChI is InChI=1S/C35H46ClN7O5Si/c1-35(2,3)49(5,6)48-27-19-46-30-26(18-45-31(27)30)47-34-40-25-14-23(36)32(41-33(25)43(34)28-9-7-8-12-44-28)39-24-11-10-20-13-21(15-37-29(20)24)22-16-38-42(4)17-22/h13-17,24,26-28,30-31H,7-12,18-19H2,1-6H3,(H,39,41)/t24?,26-,27?,28?,30-,31-/m1/s1. The maximum atomic E-state index is 6.88. The highest BCUT2D eigenvalue weighted by Crippen LogP contribution is 2.42. The van der Waals surface area contributed by atoms with Crippen molar-refractivity contribution < 1.29 is 23.4 Å². The van der Waals surface area contributed by atoms with Gasteiger partial charge in [0.1, 0.15) is 29.8 Å². The molecule has 1 aliphatic carbocycles. The van der Waals surface area contributed by atoms with Crippen LogP contribution in [0.3, 0.4) is 0 Å². The van der Waals surface area contributed by atoms with Crippen LogP contribution in [0, 0.1) is 0 Å². The van der Waals surface area contributed by atoms with Crippen molar-refractivity contribution in [3.63, 3.8) is 0 Å². The predicted molar refractivity (Wildman–Crippen MR) is 188 cm³/mol. The molecule has 3 fully saturated rings. The summed E-state index contributed by atoms with van der Waals surface area (Å²) in [6.45, 7) is 12.8. The summed E-state index contributed by atoms with van der Waals surface area (Å²) in [6.07, 6.45) is 9.32. The lowest BCUT2D eigenvalue weighted by molar-refractivity contribution is -0.0406. The third-order valence-electron chi connectivity index (χ3n) is 10.9. The Morgan fingerprint density at radius 1 is 0.980 bits per heavy atom. The number of imidazole rings is 1. The molecule has 0 bridgehead atoms. The first-order chi connectivity index (χ1) is 23.4. The summed E-state index contributed by atoms with van der Waals surface area (Å²) >= 11 is 6.88. The number of hydrogen-bond acceptors (Lipinski definition) is 10. The van der Waals surface area contributed by atoms with Gasteiger partial charge in [-0.3, -0.25) is 14.2 Å². The summed E-state index contributed by atoms with van der Waals surface area (Å²) in [5.74, 6) is 0.586. The fourth-order valence-electron chi connectivity index (χ4n) is 7.17. The Hall–Kier alpha value is -3.07. The predicted octanol–water partition coefficient (Wildman–Crippen LogP) is 6.61. The van der Waals surface area contributed by atoms with E-state index in [1.807, 2.05) is 36.3 Å². The maximum absolute atomic E-state index is 6.88. The van der Waals surface area contributed by atoms with Gasteiger partial charge < -0.3 is 28.7 Å². The van der Waals surface area contributed by atoms with E-state index in [1.54, 1.807) is 4.68 Å². The molecule has 0 saturated carbocycles. The average molecular weight is 708 g/mol. The SMILES string of the molecule is Cn1cc(-c2cnc3c(c2)CCC3Nc2nc3c(cc2Cl)nc(O[C@@H]2CO[C@@H]4C(O[Si](C)(C)C(C)(C)C)CO[C@@H]42)n3C2CCCCO2)cn1. The summed E-state index contributed by atoms with van der Waals surface area (Å²) in [4.78, 5) is 14.9. The molecule has 49 heavy (non-hydrogen) atoms. The molecule has 6 atom stereocenters. The molecule has 4 aliphatic rings. The zero-order valence-corrected chi connectivity index (χ0v) is 30.9. The third-order valence-corrected chi connectivity index (χ3v) is 15.7. The summed E-state index contributed by atoms with van der Waals surface area (Å²) in [7, 11) is -0.0879. The molecule has 12 nitrogen and oxygen atoms in total. The molecule has 7 heterocycles. The molecule has 0 aromatic carbocycles. The second-order valence-corrected chi connectivity index (χ2v) is 20.5. The number of aromatic nitrogens is 6. The molecule has 262 valence electrons. The molecule has 3 unspecified atom stereocenters. The Kier molecular flexibility index (Phi) is 8.51. The molecular weight excluding hydrogens is 662 g/mol. The van der Waals surface area contributed by atoms with Gasteiger partial charge >= 0.3 is 6.01 Å². The minimum atomic E-state index is -2.01. The molecule has 4 aromatic rings. The highest BCUT2D eigenvalue weighted by molar-refractivity contribution is 6.74. The number of halogens is 1. The normalized spacial score (nSPS) is 27.1. The number of ether oxygens (including phenoxy) is 4. The van der Waals surface area contributed by atoms with E-state index in [-0.39, 0.29) is 41.7 Å². The largest absolute Gasteiger partial charge is 0.456 e. The van der Waals surface area contributed by atoms with Crippen molar-refractivity contribution in [3.8, 4) is 17.1 Å². The van der Waals surface area contributed by atoms with Crippen LogP contribution >= 0.6 is 11.6 Å². The van der Waals surface area contributed by atoms with Gasteiger partial charge in [0, 0.05) is 37.2 Å². The van der Waals surface area contributed by atoms with Crippen LogP contribution in [0.2, 0.25) is 23.2 Å². The van der Waals surface area contributed by atoms with Gasteiger partial charge in [-0.1, -0.05) is 32.4 Å². The molecule has 14 heteroatoms.